The van der Waals surface area contributed by atoms with Gasteiger partial charge in [-0.1, -0.05) is 55.7 Å². The highest BCUT2D eigenvalue weighted by Gasteiger charge is 2.36. The number of rotatable bonds is 17. The molecule has 0 unspecified atom stereocenters. The molecule has 4 atom stereocenters. The van der Waals surface area contributed by atoms with Crippen LogP contribution in [0.5, 0.6) is 11.5 Å². The first kappa shape index (κ1) is 48.5. The maximum atomic E-state index is 14.7. The zero-order valence-corrected chi connectivity index (χ0v) is 37.6. The quantitative estimate of drug-likeness (QED) is 0.0748. The lowest BCUT2D eigenvalue weighted by atomic mass is 9.81. The van der Waals surface area contributed by atoms with Crippen LogP contribution in [0, 0.1) is 24.2 Å². The number of carbonyl (C=O) groups is 5. The fraction of sp³-hybridized carbons (Fsp3) is 0.417. The molecule has 2 aliphatic rings. The van der Waals surface area contributed by atoms with Crippen molar-refractivity contribution in [1.82, 2.24) is 36.1 Å². The number of carbonyl (C=O) groups excluding carboxylic acids is 5. The second kappa shape index (κ2) is 22.8. The third kappa shape index (κ3) is 11.8. The highest BCUT2D eigenvalue weighted by Crippen LogP contribution is 2.40. The van der Waals surface area contributed by atoms with E-state index in [-0.39, 0.29) is 57.8 Å². The molecule has 18 heteroatoms. The van der Waals surface area contributed by atoms with Crippen molar-refractivity contribution in [3.05, 3.63) is 94.8 Å². The Morgan fingerprint density at radius 2 is 1.61 bits per heavy atom. The van der Waals surface area contributed by atoms with Gasteiger partial charge in [-0.2, -0.15) is 5.26 Å². The van der Waals surface area contributed by atoms with E-state index in [0.717, 1.165) is 17.9 Å². The van der Waals surface area contributed by atoms with Gasteiger partial charge in [0.1, 0.15) is 55.4 Å². The average Bonchev–Trinajstić information content (AvgIpc) is 3.30. The van der Waals surface area contributed by atoms with Crippen LogP contribution in [0.4, 0.5) is 0 Å². The molecule has 66 heavy (non-hydrogen) atoms. The summed E-state index contributed by atoms with van der Waals surface area (Å²) in [5, 5.41) is 19.9. The fourth-order valence-electron chi connectivity index (χ4n) is 8.01. The van der Waals surface area contributed by atoms with Crippen molar-refractivity contribution in [2.45, 2.75) is 76.5 Å². The predicted molar refractivity (Wildman–Crippen MR) is 247 cm³/mol. The number of ether oxygens (including phenoxy) is 2. The molecule has 1 saturated carbocycles. The molecule has 1 aliphatic heterocycles. The molecule has 348 valence electrons. The summed E-state index contributed by atoms with van der Waals surface area (Å²) in [6, 6.07) is 15.2. The van der Waals surface area contributed by atoms with Gasteiger partial charge in [-0.25, -0.2) is 9.97 Å². The van der Waals surface area contributed by atoms with Gasteiger partial charge in [-0.3, -0.25) is 24.0 Å². The van der Waals surface area contributed by atoms with Gasteiger partial charge in [0.15, 0.2) is 5.82 Å². The maximum Gasteiger partial charge on any atom is 0.255 e. The van der Waals surface area contributed by atoms with Gasteiger partial charge in [0, 0.05) is 49.4 Å². The minimum Gasteiger partial charge on any atom is -0.492 e. The van der Waals surface area contributed by atoms with Crippen LogP contribution in [0.1, 0.15) is 71.4 Å². The molecule has 0 saturated heterocycles. The molecule has 1 fully saturated rings. The zero-order chi connectivity index (χ0) is 47.3. The van der Waals surface area contributed by atoms with E-state index < -0.39 is 53.7 Å². The first-order chi connectivity index (χ1) is 31.8. The minimum absolute atomic E-state index is 0.00450. The topological polar surface area (TPSA) is 283 Å². The smallest absolute Gasteiger partial charge is 0.255 e. The summed E-state index contributed by atoms with van der Waals surface area (Å²) in [6.07, 6.45) is 6.29. The third-order valence-electron chi connectivity index (χ3n) is 11.8. The predicted octanol–water partition coefficient (Wildman–Crippen LogP) is 1.97. The van der Waals surface area contributed by atoms with Crippen molar-refractivity contribution in [3.63, 3.8) is 0 Å². The van der Waals surface area contributed by atoms with Crippen molar-refractivity contribution in [1.29, 1.82) is 5.26 Å². The van der Waals surface area contributed by atoms with Crippen molar-refractivity contribution in [2.24, 2.45) is 23.1 Å². The van der Waals surface area contributed by atoms with Crippen LogP contribution in [0.2, 0.25) is 0 Å². The van der Waals surface area contributed by atoms with E-state index in [1.807, 2.05) is 18.2 Å². The molecule has 10 N–H and O–H groups in total. The molecule has 5 amide bonds. The van der Waals surface area contributed by atoms with Gasteiger partial charge in [0.25, 0.3) is 5.91 Å². The number of nitrogens with one attached hydrogen (secondary N) is 4. The van der Waals surface area contributed by atoms with E-state index in [1.54, 1.807) is 43.3 Å². The van der Waals surface area contributed by atoms with Gasteiger partial charge in [-0.15, -0.1) is 0 Å². The van der Waals surface area contributed by atoms with E-state index in [2.05, 4.69) is 43.4 Å². The summed E-state index contributed by atoms with van der Waals surface area (Å²) in [5.74, 6) is -1.37. The molecule has 6 rings (SSSR count). The number of nitriles is 1. The standard InChI is InChI=1S/C48H59N11O7/c1-28-37(27-54-43(55-28)33-10-7-31(8-11-33)23-30-5-4-6-30)45(61)57-38(15-16-49)48(64)59(3)42-34-12-14-41(66-22-19-52)36(26-34)35-24-32(9-13-40(35)65-21-18-51)25-39(46(62)53-20-17-50)58-44(60)29(2)56-47(42)63/h7-14,24,26-27,29-30,38-39,42H,4-6,15-16,18-23,25,49,51-52H2,1-3H3,(H,53,62)(H,56,63)(H,57,61)(H,58,60)/t29-,38-,39-,42-/m0/s1. The summed E-state index contributed by atoms with van der Waals surface area (Å²) in [5.41, 5.74) is 22.2. The lowest BCUT2D eigenvalue weighted by Crippen LogP contribution is -2.56. The van der Waals surface area contributed by atoms with E-state index >= 15 is 0 Å². The Kier molecular flexibility index (Phi) is 16.8. The Morgan fingerprint density at radius 3 is 2.23 bits per heavy atom. The molecule has 3 aromatic carbocycles. The summed E-state index contributed by atoms with van der Waals surface area (Å²) in [4.78, 5) is 80.5. The number of amides is 5. The summed E-state index contributed by atoms with van der Waals surface area (Å²) >= 11 is 0. The first-order valence-electron chi connectivity index (χ1n) is 22.2. The van der Waals surface area contributed by atoms with Gasteiger partial charge in [0.05, 0.1) is 17.3 Å². The van der Waals surface area contributed by atoms with E-state index in [1.165, 1.54) is 49.9 Å². The van der Waals surface area contributed by atoms with Gasteiger partial charge < -0.3 is 52.8 Å². The highest BCUT2D eigenvalue weighted by molar-refractivity contribution is 6.00. The van der Waals surface area contributed by atoms with Gasteiger partial charge in [0.2, 0.25) is 23.6 Å². The average molecular weight is 902 g/mol. The Bertz CT molecular complexity index is 2440. The first-order valence-corrected chi connectivity index (χ1v) is 22.2. The van der Waals surface area contributed by atoms with E-state index in [0.29, 0.717) is 45.3 Å². The molecule has 1 aromatic heterocycles. The Balaban J connectivity index is 1.34. The van der Waals surface area contributed by atoms with Crippen molar-refractivity contribution < 1.29 is 33.4 Å². The SMILES string of the molecule is Cc1nc(-c2ccc(CC3CCC3)cc2)ncc1C(=O)N[C@@H](CCN)C(=O)N(C)[C@@H]1C(=O)N[C@@H](C)C(=O)N[C@H](C(=O)NCC#N)Cc2ccc(OCCN)c(c2)-c2cc1ccc2OCCN. The normalized spacial score (nSPS) is 17.7. The number of hydrogen-bond donors (Lipinski definition) is 7. The lowest BCUT2D eigenvalue weighted by Gasteiger charge is -2.32. The van der Waals surface area contributed by atoms with Crippen LogP contribution in [0.25, 0.3) is 22.5 Å². The molecule has 2 heterocycles. The Morgan fingerprint density at radius 1 is 0.924 bits per heavy atom. The third-order valence-corrected chi connectivity index (χ3v) is 11.8. The number of aryl methyl sites for hydroxylation is 1. The van der Waals surface area contributed by atoms with Crippen LogP contribution in [-0.4, -0.2) is 109 Å². The Hall–Kier alpha value is -6.94. The monoisotopic (exact) mass is 901 g/mol. The van der Waals surface area contributed by atoms with Crippen LogP contribution in [0.15, 0.2) is 66.9 Å². The lowest BCUT2D eigenvalue weighted by molar-refractivity contribution is -0.141. The summed E-state index contributed by atoms with van der Waals surface area (Å²) in [7, 11) is 1.42. The van der Waals surface area contributed by atoms with Gasteiger partial charge in [-0.05, 0) is 80.1 Å². The van der Waals surface area contributed by atoms with E-state index in [4.69, 9.17) is 31.9 Å². The fourth-order valence-corrected chi connectivity index (χ4v) is 8.01. The molecule has 4 aromatic rings. The molecule has 4 bridgehead atoms. The number of fused-ring (bicyclic) bond motifs is 5. The van der Waals surface area contributed by atoms with Gasteiger partial charge >= 0.3 is 0 Å². The van der Waals surface area contributed by atoms with Crippen LogP contribution in [0.3, 0.4) is 0 Å². The molecule has 0 radical (unpaired) electrons. The second-order valence-electron chi connectivity index (χ2n) is 16.6. The van der Waals surface area contributed by atoms with Crippen LogP contribution >= 0.6 is 0 Å². The number of nitrogens with zero attached hydrogens (tertiary/aromatic N) is 4. The van der Waals surface area contributed by atoms with Crippen molar-refractivity contribution >= 4 is 29.5 Å². The summed E-state index contributed by atoms with van der Waals surface area (Å²) < 4.78 is 12.2. The molecule has 1 aliphatic carbocycles. The molecular formula is C48H59N11O7. The van der Waals surface area contributed by atoms with Crippen LogP contribution < -0.4 is 47.9 Å². The van der Waals surface area contributed by atoms with Crippen molar-refractivity contribution in [2.75, 3.05) is 46.4 Å². The Labute approximate surface area is 384 Å². The van der Waals surface area contributed by atoms with Crippen LogP contribution in [-0.2, 0) is 32.0 Å². The molecule has 0 spiro atoms. The number of nitrogens with two attached hydrogens (primary N) is 3. The zero-order valence-electron chi connectivity index (χ0n) is 37.6. The van der Waals surface area contributed by atoms with E-state index in [9.17, 15) is 24.0 Å². The largest absolute Gasteiger partial charge is 0.492 e. The number of hydrogen-bond acceptors (Lipinski definition) is 13. The number of aromatic nitrogens is 2. The number of benzene rings is 3. The summed E-state index contributed by atoms with van der Waals surface area (Å²) in [6.45, 7) is 3.52. The number of likely N-dealkylation sites (N-methyl/N-ethyl adjacent to an activating group) is 1. The highest BCUT2D eigenvalue weighted by atomic mass is 16.5. The molecule has 18 nitrogen and oxygen atoms in total. The maximum absolute atomic E-state index is 14.7. The van der Waals surface area contributed by atoms with Crippen molar-refractivity contribution in [3.8, 4) is 40.1 Å². The second-order valence-corrected chi connectivity index (χ2v) is 16.6. The minimum atomic E-state index is -1.40. The molecular weight excluding hydrogens is 843 g/mol.